The van der Waals surface area contributed by atoms with Crippen LogP contribution in [-0.4, -0.2) is 5.16 Å². The van der Waals surface area contributed by atoms with Crippen LogP contribution in [0.25, 0.3) is 0 Å². The highest BCUT2D eigenvalue weighted by Crippen LogP contribution is 2.06. The standard InChI is InChI=1S/C9H16N2O2/c1-3-4-5-6-7-9-8(2)10-13-11(9)12/h3-7H2,1-2H3. The fourth-order valence-electron chi connectivity index (χ4n) is 1.32. The third kappa shape index (κ3) is 2.72. The smallest absolute Gasteiger partial charge is 0.218 e. The van der Waals surface area contributed by atoms with Gasteiger partial charge < -0.3 is 5.21 Å². The second-order valence-corrected chi connectivity index (χ2v) is 3.27. The van der Waals surface area contributed by atoms with Crippen LogP contribution in [0.2, 0.25) is 0 Å². The summed E-state index contributed by atoms with van der Waals surface area (Å²) in [6.07, 6.45) is 5.42. The van der Waals surface area contributed by atoms with Crippen LogP contribution in [0, 0.1) is 12.1 Å². The van der Waals surface area contributed by atoms with Crippen molar-refractivity contribution in [3.8, 4) is 0 Å². The SMILES string of the molecule is CCCCCCc1c(C)no[n+]1[O-]. The Hall–Kier alpha value is -1.06. The van der Waals surface area contributed by atoms with Gasteiger partial charge >= 0.3 is 0 Å². The Morgan fingerprint density at radius 1 is 1.38 bits per heavy atom. The van der Waals surface area contributed by atoms with E-state index in [0.717, 1.165) is 12.8 Å². The van der Waals surface area contributed by atoms with Crippen molar-refractivity contribution in [1.29, 1.82) is 0 Å². The summed E-state index contributed by atoms with van der Waals surface area (Å²) >= 11 is 0. The molecule has 4 heteroatoms. The predicted octanol–water partition coefficient (Wildman–Crippen LogP) is 1.74. The molecular formula is C9H16N2O2. The molecule has 0 aromatic carbocycles. The van der Waals surface area contributed by atoms with E-state index in [9.17, 15) is 5.21 Å². The zero-order valence-electron chi connectivity index (χ0n) is 8.25. The summed E-state index contributed by atoms with van der Waals surface area (Å²) in [4.78, 5) is 0.515. The molecule has 13 heavy (non-hydrogen) atoms. The lowest BCUT2D eigenvalue weighted by Crippen LogP contribution is -2.28. The van der Waals surface area contributed by atoms with Crippen molar-refractivity contribution in [3.05, 3.63) is 16.6 Å². The lowest BCUT2D eigenvalue weighted by Gasteiger charge is -1.96. The van der Waals surface area contributed by atoms with Crippen molar-refractivity contribution in [2.75, 3.05) is 0 Å². The van der Waals surface area contributed by atoms with E-state index < -0.39 is 0 Å². The average molecular weight is 184 g/mol. The molecule has 0 aliphatic carbocycles. The zero-order valence-corrected chi connectivity index (χ0v) is 8.25. The Kier molecular flexibility index (Phi) is 3.73. The molecule has 1 heterocycles. The molecule has 0 saturated heterocycles. The van der Waals surface area contributed by atoms with Gasteiger partial charge in [-0.05, 0) is 11.3 Å². The van der Waals surface area contributed by atoms with Gasteiger partial charge in [-0.15, -0.1) is 0 Å². The number of nitrogens with zero attached hydrogens (tertiary/aromatic N) is 2. The molecule has 0 fully saturated rings. The maximum absolute atomic E-state index is 11.0. The van der Waals surface area contributed by atoms with Crippen molar-refractivity contribution in [1.82, 2.24) is 5.16 Å². The van der Waals surface area contributed by atoms with Gasteiger partial charge in [-0.25, -0.2) is 0 Å². The van der Waals surface area contributed by atoms with Gasteiger partial charge in [-0.3, -0.25) is 4.63 Å². The summed E-state index contributed by atoms with van der Waals surface area (Å²) < 4.78 is 4.46. The van der Waals surface area contributed by atoms with Crippen LogP contribution in [-0.2, 0) is 6.42 Å². The van der Waals surface area contributed by atoms with Crippen LogP contribution in [0.5, 0.6) is 0 Å². The van der Waals surface area contributed by atoms with Crippen LogP contribution in [0.3, 0.4) is 0 Å². The molecule has 0 aliphatic rings. The first-order valence-electron chi connectivity index (χ1n) is 4.81. The minimum absolute atomic E-state index is 0.515. The van der Waals surface area contributed by atoms with Gasteiger partial charge in [0.15, 0.2) is 5.69 Å². The van der Waals surface area contributed by atoms with Gasteiger partial charge in [-0.1, -0.05) is 26.2 Å². The topological polar surface area (TPSA) is 53.0 Å². The molecule has 0 aliphatic heterocycles. The third-order valence-electron chi connectivity index (χ3n) is 2.16. The quantitative estimate of drug-likeness (QED) is 0.517. The zero-order chi connectivity index (χ0) is 9.68. The maximum Gasteiger partial charge on any atom is 0.218 e. The van der Waals surface area contributed by atoms with E-state index in [-0.39, 0.29) is 0 Å². The molecule has 0 spiro atoms. The van der Waals surface area contributed by atoms with Crippen molar-refractivity contribution in [3.63, 3.8) is 0 Å². The van der Waals surface area contributed by atoms with E-state index >= 15 is 0 Å². The monoisotopic (exact) mass is 184 g/mol. The molecule has 0 amide bonds. The first-order valence-corrected chi connectivity index (χ1v) is 4.81. The number of hydrogen-bond acceptors (Lipinski definition) is 3. The molecule has 1 aromatic rings. The molecule has 0 N–H and O–H groups in total. The summed E-state index contributed by atoms with van der Waals surface area (Å²) in [6, 6.07) is 0. The van der Waals surface area contributed by atoms with Gasteiger partial charge in [0.2, 0.25) is 5.69 Å². The molecule has 0 unspecified atom stereocenters. The molecule has 0 atom stereocenters. The van der Waals surface area contributed by atoms with Gasteiger partial charge in [0, 0.05) is 18.5 Å². The third-order valence-corrected chi connectivity index (χ3v) is 2.16. The summed E-state index contributed by atoms with van der Waals surface area (Å²) in [7, 11) is 0. The van der Waals surface area contributed by atoms with Crippen LogP contribution in [0.4, 0.5) is 0 Å². The highest BCUT2D eigenvalue weighted by atomic mass is 16.8. The Morgan fingerprint density at radius 2 is 2.15 bits per heavy atom. The molecule has 1 aromatic heterocycles. The molecule has 1 rings (SSSR count). The molecule has 4 nitrogen and oxygen atoms in total. The van der Waals surface area contributed by atoms with Crippen molar-refractivity contribution < 1.29 is 9.53 Å². The first-order chi connectivity index (χ1) is 6.25. The summed E-state index contributed by atoms with van der Waals surface area (Å²) in [5.41, 5.74) is 1.39. The van der Waals surface area contributed by atoms with E-state index in [0.29, 0.717) is 16.3 Å². The van der Waals surface area contributed by atoms with Crippen LogP contribution < -0.4 is 4.90 Å². The highest BCUT2D eigenvalue weighted by molar-refractivity contribution is 4.99. The van der Waals surface area contributed by atoms with Gasteiger partial charge in [0.1, 0.15) is 0 Å². The van der Waals surface area contributed by atoms with E-state index in [4.69, 9.17) is 0 Å². The van der Waals surface area contributed by atoms with Gasteiger partial charge in [0.05, 0.1) is 0 Å². The van der Waals surface area contributed by atoms with Crippen molar-refractivity contribution in [2.45, 2.75) is 46.0 Å². The molecule has 0 saturated carbocycles. The number of rotatable bonds is 5. The Balaban J connectivity index is 2.36. The normalized spacial score (nSPS) is 10.6. The second kappa shape index (κ2) is 4.84. The van der Waals surface area contributed by atoms with Gasteiger partial charge in [-0.2, -0.15) is 0 Å². The Bertz CT molecular complexity index is 239. The lowest BCUT2D eigenvalue weighted by molar-refractivity contribution is -0.808. The number of aryl methyl sites for hydroxylation is 1. The molecule has 74 valence electrons. The summed E-state index contributed by atoms with van der Waals surface area (Å²) in [5.74, 6) is 0. The maximum atomic E-state index is 11.0. The Labute approximate surface area is 78.1 Å². The molecule has 0 bridgehead atoms. The molecule has 0 radical (unpaired) electrons. The van der Waals surface area contributed by atoms with Crippen LogP contribution in [0.1, 0.15) is 44.0 Å². The number of unbranched alkanes of at least 4 members (excludes halogenated alkanes) is 3. The minimum atomic E-state index is 0.515. The fourth-order valence-corrected chi connectivity index (χ4v) is 1.32. The van der Waals surface area contributed by atoms with Crippen LogP contribution in [0.15, 0.2) is 4.63 Å². The highest BCUT2D eigenvalue weighted by Gasteiger charge is 2.12. The minimum Gasteiger partial charge on any atom is -0.359 e. The lowest BCUT2D eigenvalue weighted by atomic mass is 10.1. The largest absolute Gasteiger partial charge is 0.359 e. The number of hydrogen-bond donors (Lipinski definition) is 0. The predicted molar refractivity (Wildman–Crippen MR) is 48.0 cm³/mol. The number of aromatic nitrogens is 2. The van der Waals surface area contributed by atoms with Crippen molar-refractivity contribution in [2.24, 2.45) is 0 Å². The van der Waals surface area contributed by atoms with Crippen LogP contribution >= 0.6 is 0 Å². The summed E-state index contributed by atoms with van der Waals surface area (Å²) in [6.45, 7) is 3.96. The fraction of sp³-hybridized carbons (Fsp3) is 0.778. The second-order valence-electron chi connectivity index (χ2n) is 3.27. The Morgan fingerprint density at radius 3 is 2.69 bits per heavy atom. The average Bonchev–Trinajstić information content (AvgIpc) is 2.42. The van der Waals surface area contributed by atoms with E-state index in [1.165, 1.54) is 19.3 Å². The molecular weight excluding hydrogens is 168 g/mol. The van der Waals surface area contributed by atoms with E-state index in [1.54, 1.807) is 6.92 Å². The van der Waals surface area contributed by atoms with Crippen molar-refractivity contribution >= 4 is 0 Å². The van der Waals surface area contributed by atoms with E-state index in [2.05, 4.69) is 16.7 Å². The van der Waals surface area contributed by atoms with E-state index in [1.807, 2.05) is 0 Å². The summed E-state index contributed by atoms with van der Waals surface area (Å²) in [5, 5.41) is 14.6. The first kappa shape index (κ1) is 10.0. The van der Waals surface area contributed by atoms with Gasteiger partial charge in [0.25, 0.3) is 0 Å².